The van der Waals surface area contributed by atoms with Gasteiger partial charge in [0, 0.05) is 31.6 Å². The molecule has 2 aromatic rings. The minimum absolute atomic E-state index is 0.0574. The van der Waals surface area contributed by atoms with E-state index in [1.54, 1.807) is 17.0 Å². The monoisotopic (exact) mass is 512 g/mol. The number of amides is 2. The van der Waals surface area contributed by atoms with Crippen LogP contribution in [0.2, 0.25) is 0 Å². The Balaban J connectivity index is 1.79. The van der Waals surface area contributed by atoms with Crippen molar-refractivity contribution in [1.82, 2.24) is 20.2 Å². The molecule has 2 aliphatic rings. The molecule has 0 spiro atoms. The van der Waals surface area contributed by atoms with Gasteiger partial charge in [0.05, 0.1) is 33.6 Å². The number of carbonyl (C=O) groups is 2. The summed E-state index contributed by atoms with van der Waals surface area (Å²) >= 11 is 0. The van der Waals surface area contributed by atoms with Crippen LogP contribution in [0.25, 0.3) is 0 Å². The molecule has 10 heteroatoms. The normalized spacial score (nSPS) is 18.6. The summed E-state index contributed by atoms with van der Waals surface area (Å²) in [6.07, 6.45) is 11.0. The van der Waals surface area contributed by atoms with Gasteiger partial charge in [-0.1, -0.05) is 19.3 Å². The maximum absolute atomic E-state index is 14.0. The van der Waals surface area contributed by atoms with E-state index in [0.29, 0.717) is 29.4 Å². The highest BCUT2D eigenvalue weighted by atomic mass is 16.5. The van der Waals surface area contributed by atoms with Gasteiger partial charge < -0.3 is 29.2 Å². The lowest BCUT2D eigenvalue weighted by atomic mass is 9.94. The van der Waals surface area contributed by atoms with Gasteiger partial charge in [-0.2, -0.15) is 0 Å². The number of benzene rings is 1. The Hall–Kier alpha value is -3.40. The van der Waals surface area contributed by atoms with Gasteiger partial charge in [0.25, 0.3) is 5.91 Å². The average molecular weight is 513 g/mol. The Labute approximate surface area is 217 Å². The first-order valence-corrected chi connectivity index (χ1v) is 12.8. The van der Waals surface area contributed by atoms with Gasteiger partial charge in [-0.3, -0.25) is 14.6 Å². The molecule has 1 saturated heterocycles. The highest BCUT2D eigenvalue weighted by molar-refractivity contribution is 5.96. The zero-order valence-electron chi connectivity index (χ0n) is 21.8. The van der Waals surface area contributed by atoms with Crippen molar-refractivity contribution < 1.29 is 28.5 Å². The fourth-order valence-electron chi connectivity index (χ4n) is 5.13. The van der Waals surface area contributed by atoms with Crippen molar-refractivity contribution in [2.45, 2.75) is 63.1 Å². The van der Waals surface area contributed by atoms with Crippen LogP contribution in [0.3, 0.4) is 0 Å². The van der Waals surface area contributed by atoms with Crippen LogP contribution in [0.4, 0.5) is 0 Å². The van der Waals surface area contributed by atoms with Crippen LogP contribution in [0.1, 0.15) is 67.0 Å². The van der Waals surface area contributed by atoms with E-state index in [0.717, 1.165) is 38.5 Å². The Kier molecular flexibility index (Phi) is 9.16. The van der Waals surface area contributed by atoms with E-state index in [1.807, 2.05) is 0 Å². The fourth-order valence-corrected chi connectivity index (χ4v) is 5.13. The summed E-state index contributed by atoms with van der Waals surface area (Å²) < 4.78 is 22.5. The molecule has 2 atom stereocenters. The summed E-state index contributed by atoms with van der Waals surface area (Å²) in [6.45, 7) is 0.857. The SMILES string of the molecule is COc1cc([C@@H](C(=O)NC2CCCCC2)N(C[C@@H]2CCCO2)C(=O)c2cnccn2)cc(OC)c1OC. The molecule has 200 valence electrons. The van der Waals surface area contributed by atoms with Crippen molar-refractivity contribution in [2.24, 2.45) is 0 Å². The number of nitrogens with zero attached hydrogens (tertiary/aromatic N) is 3. The smallest absolute Gasteiger partial charge is 0.275 e. The van der Waals surface area contributed by atoms with Crippen molar-refractivity contribution >= 4 is 11.8 Å². The first-order valence-electron chi connectivity index (χ1n) is 12.8. The zero-order valence-corrected chi connectivity index (χ0v) is 21.8. The van der Waals surface area contributed by atoms with Crippen LogP contribution in [-0.2, 0) is 9.53 Å². The molecule has 2 heterocycles. The maximum atomic E-state index is 14.0. The van der Waals surface area contributed by atoms with E-state index in [9.17, 15) is 9.59 Å². The number of ether oxygens (including phenoxy) is 4. The standard InChI is InChI=1S/C27H36N4O6/c1-34-22-14-18(15-23(35-2)25(22)36-3)24(26(32)30-19-8-5-4-6-9-19)31(17-20-10-7-13-37-20)27(33)21-16-28-11-12-29-21/h11-12,14-16,19-20,24H,4-10,13,17H2,1-3H3,(H,30,32)/t20-,24-/m0/s1. The van der Waals surface area contributed by atoms with Crippen LogP contribution >= 0.6 is 0 Å². The molecule has 0 bridgehead atoms. The maximum Gasteiger partial charge on any atom is 0.275 e. The van der Waals surface area contributed by atoms with Crippen molar-refractivity contribution in [3.05, 3.63) is 42.0 Å². The van der Waals surface area contributed by atoms with E-state index in [4.69, 9.17) is 18.9 Å². The minimum atomic E-state index is -0.977. The first-order chi connectivity index (χ1) is 18.0. The Morgan fingerprint density at radius 2 is 1.76 bits per heavy atom. The third-order valence-corrected chi connectivity index (χ3v) is 6.98. The van der Waals surface area contributed by atoms with Gasteiger partial charge in [-0.25, -0.2) is 4.98 Å². The van der Waals surface area contributed by atoms with Crippen molar-refractivity contribution in [1.29, 1.82) is 0 Å². The number of methoxy groups -OCH3 is 3. The summed E-state index contributed by atoms with van der Waals surface area (Å²) in [7, 11) is 4.56. The molecule has 4 rings (SSSR count). The zero-order chi connectivity index (χ0) is 26.2. The number of nitrogens with one attached hydrogen (secondary N) is 1. The topological polar surface area (TPSA) is 112 Å². The summed E-state index contributed by atoms with van der Waals surface area (Å²) in [5.74, 6) is 0.538. The molecule has 0 unspecified atom stereocenters. The lowest BCUT2D eigenvalue weighted by molar-refractivity contribution is -0.127. The summed E-state index contributed by atoms with van der Waals surface area (Å²) in [6, 6.07) is 2.52. The second-order valence-electron chi connectivity index (χ2n) is 9.39. The quantitative estimate of drug-likeness (QED) is 0.516. The van der Waals surface area contributed by atoms with Crippen LogP contribution < -0.4 is 19.5 Å². The molecule has 2 fully saturated rings. The van der Waals surface area contributed by atoms with Gasteiger partial charge in [0.2, 0.25) is 11.7 Å². The minimum Gasteiger partial charge on any atom is -0.493 e. The first kappa shape index (κ1) is 26.7. The molecule has 1 saturated carbocycles. The van der Waals surface area contributed by atoms with Crippen molar-refractivity contribution in [3.8, 4) is 17.2 Å². The molecule has 2 amide bonds. The Morgan fingerprint density at radius 1 is 1.03 bits per heavy atom. The number of carbonyl (C=O) groups excluding carboxylic acids is 2. The largest absolute Gasteiger partial charge is 0.493 e. The van der Waals surface area contributed by atoms with Crippen LogP contribution in [-0.4, -0.2) is 73.3 Å². The van der Waals surface area contributed by atoms with Gasteiger partial charge in [-0.05, 0) is 43.4 Å². The summed E-state index contributed by atoms with van der Waals surface area (Å²) in [4.78, 5) is 37.7. The van der Waals surface area contributed by atoms with Crippen molar-refractivity contribution in [3.63, 3.8) is 0 Å². The van der Waals surface area contributed by atoms with E-state index in [2.05, 4.69) is 15.3 Å². The van der Waals surface area contributed by atoms with Crippen LogP contribution in [0.5, 0.6) is 17.2 Å². The molecule has 1 aromatic carbocycles. The number of hydrogen-bond donors (Lipinski definition) is 1. The summed E-state index contributed by atoms with van der Waals surface area (Å²) in [5, 5.41) is 3.21. The second kappa shape index (κ2) is 12.7. The van der Waals surface area contributed by atoms with Gasteiger partial charge >= 0.3 is 0 Å². The lowest BCUT2D eigenvalue weighted by Crippen LogP contribution is -2.49. The number of rotatable bonds is 10. The van der Waals surface area contributed by atoms with Crippen molar-refractivity contribution in [2.75, 3.05) is 34.5 Å². The van der Waals surface area contributed by atoms with Crippen LogP contribution in [0, 0.1) is 0 Å². The molecular weight excluding hydrogens is 476 g/mol. The second-order valence-corrected chi connectivity index (χ2v) is 9.39. The molecule has 37 heavy (non-hydrogen) atoms. The molecule has 0 radical (unpaired) electrons. The number of hydrogen-bond acceptors (Lipinski definition) is 8. The Bertz CT molecular complexity index is 1030. The van der Waals surface area contributed by atoms with Crippen LogP contribution in [0.15, 0.2) is 30.7 Å². The molecule has 1 N–H and O–H groups in total. The van der Waals surface area contributed by atoms with E-state index < -0.39 is 11.9 Å². The third-order valence-electron chi connectivity index (χ3n) is 6.98. The van der Waals surface area contributed by atoms with Gasteiger partial charge in [0.1, 0.15) is 11.7 Å². The van der Waals surface area contributed by atoms with E-state index in [-0.39, 0.29) is 30.3 Å². The molecule has 1 aliphatic heterocycles. The molecule has 1 aromatic heterocycles. The Morgan fingerprint density at radius 3 is 2.32 bits per heavy atom. The molecular formula is C27H36N4O6. The molecule has 10 nitrogen and oxygen atoms in total. The van der Waals surface area contributed by atoms with Gasteiger partial charge in [-0.15, -0.1) is 0 Å². The lowest BCUT2D eigenvalue weighted by Gasteiger charge is -2.34. The average Bonchev–Trinajstić information content (AvgIpc) is 3.46. The highest BCUT2D eigenvalue weighted by Crippen LogP contribution is 2.41. The highest BCUT2D eigenvalue weighted by Gasteiger charge is 2.37. The number of aromatic nitrogens is 2. The van der Waals surface area contributed by atoms with E-state index in [1.165, 1.54) is 46.3 Å². The predicted octanol–water partition coefficient (Wildman–Crippen LogP) is 3.31. The summed E-state index contributed by atoms with van der Waals surface area (Å²) in [5.41, 5.74) is 0.696. The van der Waals surface area contributed by atoms with E-state index >= 15 is 0 Å². The molecule has 1 aliphatic carbocycles. The predicted molar refractivity (Wildman–Crippen MR) is 136 cm³/mol. The van der Waals surface area contributed by atoms with Gasteiger partial charge in [0.15, 0.2) is 11.5 Å². The third kappa shape index (κ3) is 6.30. The fraction of sp³-hybridized carbons (Fsp3) is 0.556.